The van der Waals surface area contributed by atoms with Gasteiger partial charge in [0.15, 0.2) is 0 Å². The van der Waals surface area contributed by atoms with Crippen LogP contribution in [0.5, 0.6) is 0 Å². The first-order chi connectivity index (χ1) is 9.86. The van der Waals surface area contributed by atoms with Crippen molar-refractivity contribution in [3.8, 4) is 0 Å². The Morgan fingerprint density at radius 3 is 1.30 bits per heavy atom. The van der Waals surface area contributed by atoms with Crippen LogP contribution in [0.15, 0.2) is 86.0 Å². The van der Waals surface area contributed by atoms with Gasteiger partial charge in [0.2, 0.25) is 0 Å². The second-order valence-electron chi connectivity index (χ2n) is 5.08. The molecule has 0 spiro atoms. The maximum atomic E-state index is 3.94. The van der Waals surface area contributed by atoms with Crippen molar-refractivity contribution in [3.05, 3.63) is 97.1 Å². The highest BCUT2D eigenvalue weighted by atomic mass is 14.3. The van der Waals surface area contributed by atoms with E-state index >= 15 is 0 Å². The summed E-state index contributed by atoms with van der Waals surface area (Å²) in [6.07, 6.45) is 6.02. The number of hydrogen-bond acceptors (Lipinski definition) is 0. The maximum absolute atomic E-state index is 3.94. The van der Waals surface area contributed by atoms with E-state index in [4.69, 9.17) is 0 Å². The highest BCUT2D eigenvalue weighted by Crippen LogP contribution is 2.38. The van der Waals surface area contributed by atoms with Gasteiger partial charge in [0.1, 0.15) is 0 Å². The quantitative estimate of drug-likeness (QED) is 0.561. The topological polar surface area (TPSA) is 0 Å². The van der Waals surface area contributed by atoms with Crippen LogP contribution in [0.3, 0.4) is 0 Å². The minimum absolute atomic E-state index is 0.453. The van der Waals surface area contributed by atoms with E-state index in [0.717, 1.165) is 12.8 Å². The Hall–Kier alpha value is -2.08. The summed E-state index contributed by atoms with van der Waals surface area (Å²) in [5, 5.41) is 0. The number of rotatable bonds is 7. The van der Waals surface area contributed by atoms with Gasteiger partial charge in [0.05, 0.1) is 0 Å². The molecule has 0 N–H and O–H groups in total. The van der Waals surface area contributed by atoms with E-state index in [1.54, 1.807) is 0 Å². The fourth-order valence-electron chi connectivity index (χ4n) is 2.82. The van der Waals surface area contributed by atoms with Crippen molar-refractivity contribution in [3.63, 3.8) is 0 Å². The van der Waals surface area contributed by atoms with Crippen LogP contribution < -0.4 is 0 Å². The van der Waals surface area contributed by atoms with Crippen LogP contribution in [0.4, 0.5) is 0 Å². The molecule has 20 heavy (non-hydrogen) atoms. The van der Waals surface area contributed by atoms with E-state index in [-0.39, 0.29) is 0 Å². The molecule has 0 radical (unpaired) electrons. The molecule has 0 amide bonds. The van der Waals surface area contributed by atoms with E-state index in [1.165, 1.54) is 11.1 Å². The van der Waals surface area contributed by atoms with Gasteiger partial charge >= 0.3 is 0 Å². The normalized spacial score (nSPS) is 13.4. The van der Waals surface area contributed by atoms with Crippen LogP contribution in [0.1, 0.15) is 35.8 Å². The van der Waals surface area contributed by atoms with Gasteiger partial charge in [0, 0.05) is 0 Å². The molecule has 0 nitrogen and oxygen atoms in total. The van der Waals surface area contributed by atoms with Gasteiger partial charge in [-0.25, -0.2) is 0 Å². The molecule has 0 saturated carbocycles. The molecule has 0 aliphatic carbocycles. The molecule has 2 aromatic rings. The van der Waals surface area contributed by atoms with Crippen molar-refractivity contribution < 1.29 is 0 Å². The number of benzene rings is 2. The molecule has 0 fully saturated rings. The predicted molar refractivity (Wildman–Crippen MR) is 88.0 cm³/mol. The highest BCUT2D eigenvalue weighted by molar-refractivity contribution is 5.29. The van der Waals surface area contributed by atoms with Gasteiger partial charge in [-0.15, -0.1) is 13.2 Å². The molecular formula is C20H22. The van der Waals surface area contributed by atoms with E-state index in [0.29, 0.717) is 11.8 Å². The van der Waals surface area contributed by atoms with Gasteiger partial charge in [-0.1, -0.05) is 72.8 Å². The van der Waals surface area contributed by atoms with Crippen LogP contribution >= 0.6 is 0 Å². The first-order valence-electron chi connectivity index (χ1n) is 7.18. The van der Waals surface area contributed by atoms with Gasteiger partial charge in [-0.05, 0) is 35.8 Å². The average Bonchev–Trinajstić information content (AvgIpc) is 2.52. The molecule has 0 saturated heterocycles. The number of hydrogen-bond donors (Lipinski definition) is 0. The van der Waals surface area contributed by atoms with Crippen molar-refractivity contribution in [1.29, 1.82) is 0 Å². The van der Waals surface area contributed by atoms with Gasteiger partial charge in [-0.3, -0.25) is 0 Å². The van der Waals surface area contributed by atoms with Crippen molar-refractivity contribution in [1.82, 2.24) is 0 Å². The van der Waals surface area contributed by atoms with Gasteiger partial charge < -0.3 is 0 Å². The maximum Gasteiger partial charge on any atom is -0.00557 e. The molecule has 0 heteroatoms. The number of allylic oxidation sites excluding steroid dienone is 2. The Kier molecular flexibility index (Phi) is 5.37. The summed E-state index contributed by atoms with van der Waals surface area (Å²) < 4.78 is 0. The molecule has 2 rings (SSSR count). The lowest BCUT2D eigenvalue weighted by Crippen LogP contribution is -2.10. The largest absolute Gasteiger partial charge is 0.103 e. The van der Waals surface area contributed by atoms with Crippen LogP contribution in [0, 0.1) is 0 Å². The van der Waals surface area contributed by atoms with Crippen LogP contribution in [0.25, 0.3) is 0 Å². The van der Waals surface area contributed by atoms with Crippen molar-refractivity contribution >= 4 is 0 Å². The lowest BCUT2D eigenvalue weighted by Gasteiger charge is -2.26. The summed E-state index contributed by atoms with van der Waals surface area (Å²) in [5.41, 5.74) is 2.76. The lowest BCUT2D eigenvalue weighted by molar-refractivity contribution is 0.547. The van der Waals surface area contributed by atoms with E-state index in [1.807, 2.05) is 12.2 Å². The van der Waals surface area contributed by atoms with Crippen molar-refractivity contribution in [2.75, 3.05) is 0 Å². The molecule has 0 heterocycles. The second kappa shape index (κ2) is 7.49. The third kappa shape index (κ3) is 3.48. The third-order valence-electron chi connectivity index (χ3n) is 3.78. The first kappa shape index (κ1) is 14.3. The third-order valence-corrected chi connectivity index (χ3v) is 3.78. The van der Waals surface area contributed by atoms with Crippen molar-refractivity contribution in [2.45, 2.75) is 24.7 Å². The van der Waals surface area contributed by atoms with E-state index in [2.05, 4.69) is 73.8 Å². The summed E-state index contributed by atoms with van der Waals surface area (Å²) in [6.45, 7) is 7.87. The zero-order valence-electron chi connectivity index (χ0n) is 11.9. The van der Waals surface area contributed by atoms with Crippen molar-refractivity contribution in [2.24, 2.45) is 0 Å². The fraction of sp³-hybridized carbons (Fsp3) is 0.200. The SMILES string of the molecule is C=CC[C@@H](c1ccccc1)[C@@H](CC=C)c1ccccc1. The Morgan fingerprint density at radius 2 is 1.00 bits per heavy atom. The zero-order valence-corrected chi connectivity index (χ0v) is 11.9. The van der Waals surface area contributed by atoms with Crippen LogP contribution in [-0.4, -0.2) is 0 Å². The van der Waals surface area contributed by atoms with Crippen LogP contribution in [-0.2, 0) is 0 Å². The van der Waals surface area contributed by atoms with Gasteiger partial charge in [0.25, 0.3) is 0 Å². The highest BCUT2D eigenvalue weighted by Gasteiger charge is 2.22. The molecule has 0 unspecified atom stereocenters. The average molecular weight is 262 g/mol. The Bertz CT molecular complexity index is 473. The Morgan fingerprint density at radius 1 is 0.650 bits per heavy atom. The molecule has 2 atom stereocenters. The Balaban J connectivity index is 2.37. The monoisotopic (exact) mass is 262 g/mol. The van der Waals surface area contributed by atoms with E-state index < -0.39 is 0 Å². The summed E-state index contributed by atoms with van der Waals surface area (Å²) in [6, 6.07) is 21.4. The fourth-order valence-corrected chi connectivity index (χ4v) is 2.82. The lowest BCUT2D eigenvalue weighted by atomic mass is 9.78. The smallest absolute Gasteiger partial charge is 0.00557 e. The summed E-state index contributed by atoms with van der Waals surface area (Å²) in [5.74, 6) is 0.906. The molecule has 0 aliphatic heterocycles. The molecule has 0 bridgehead atoms. The zero-order chi connectivity index (χ0) is 14.2. The summed E-state index contributed by atoms with van der Waals surface area (Å²) >= 11 is 0. The molecule has 2 aromatic carbocycles. The molecular weight excluding hydrogens is 240 g/mol. The first-order valence-corrected chi connectivity index (χ1v) is 7.18. The molecule has 0 aromatic heterocycles. The second-order valence-corrected chi connectivity index (χ2v) is 5.08. The summed E-state index contributed by atoms with van der Waals surface area (Å²) in [4.78, 5) is 0. The molecule has 102 valence electrons. The van der Waals surface area contributed by atoms with Gasteiger partial charge in [-0.2, -0.15) is 0 Å². The Labute approximate surface area is 122 Å². The van der Waals surface area contributed by atoms with E-state index in [9.17, 15) is 0 Å². The predicted octanol–water partition coefficient (Wildman–Crippen LogP) is 5.71. The minimum Gasteiger partial charge on any atom is -0.103 e. The van der Waals surface area contributed by atoms with Crippen LogP contribution in [0.2, 0.25) is 0 Å². The summed E-state index contributed by atoms with van der Waals surface area (Å²) in [7, 11) is 0. The minimum atomic E-state index is 0.453. The molecule has 0 aliphatic rings. The standard InChI is InChI=1S/C20H22/c1-3-11-19(17-13-7-5-8-14-17)20(12-4-2)18-15-9-6-10-16-18/h3-10,13-16,19-20H,1-2,11-12H2/t19-,20-/m0/s1.